The van der Waals surface area contributed by atoms with E-state index < -0.39 is 0 Å². The molecule has 0 unspecified atom stereocenters. The maximum absolute atomic E-state index is 12.2. The van der Waals surface area contributed by atoms with E-state index in [2.05, 4.69) is 4.98 Å². The Morgan fingerprint density at radius 2 is 2.53 bits per heavy atom. The second kappa shape index (κ2) is 6.96. The van der Waals surface area contributed by atoms with E-state index in [1.165, 1.54) is 0 Å². The molecule has 0 spiro atoms. The summed E-state index contributed by atoms with van der Waals surface area (Å²) in [5.74, 6) is -0.236. The molecule has 19 heavy (non-hydrogen) atoms. The van der Waals surface area contributed by atoms with Crippen LogP contribution in [-0.2, 0) is 22.4 Å². The van der Waals surface area contributed by atoms with Gasteiger partial charge in [0.2, 0.25) is 0 Å². The van der Waals surface area contributed by atoms with Gasteiger partial charge in [-0.15, -0.1) is 11.3 Å². The van der Waals surface area contributed by atoms with Crippen LogP contribution in [0.25, 0.3) is 0 Å². The first kappa shape index (κ1) is 14.4. The van der Waals surface area contributed by atoms with E-state index in [-0.39, 0.29) is 25.2 Å². The maximum atomic E-state index is 12.2. The molecule has 2 heterocycles. The second-order valence-corrected chi connectivity index (χ2v) is 5.60. The Kier molecular flexibility index (Phi) is 5.27. The number of aryl methyl sites for hydroxylation is 1. The van der Waals surface area contributed by atoms with E-state index in [4.69, 9.17) is 4.74 Å². The van der Waals surface area contributed by atoms with Crippen LogP contribution in [-0.4, -0.2) is 48.3 Å². The van der Waals surface area contributed by atoms with Gasteiger partial charge in [0.05, 0.1) is 17.1 Å². The van der Waals surface area contributed by atoms with E-state index in [1.54, 1.807) is 11.3 Å². The monoisotopic (exact) mass is 286 g/mol. The molecule has 1 fully saturated rings. The normalized spacial score (nSPS) is 19.8. The third kappa shape index (κ3) is 4.24. The number of halogens is 1. The Bertz CT molecular complexity index is 425. The zero-order valence-electron chi connectivity index (χ0n) is 11.1. The van der Waals surface area contributed by atoms with E-state index in [0.29, 0.717) is 13.1 Å². The summed E-state index contributed by atoms with van der Waals surface area (Å²) in [4.78, 5) is 18.1. The standard InChI is InChI=1S/C13H19FN2O2S/c1-2-12-15-10(9-19-12)7-13(17)18-11-3-5-16(8-11)6-4-14/h9,11H,2-8H2,1H3/t11-/m0/s1. The number of nitrogens with zero attached hydrogens (tertiary/aromatic N) is 2. The third-order valence-electron chi connectivity index (χ3n) is 3.16. The molecule has 106 valence electrons. The van der Waals surface area contributed by atoms with Gasteiger partial charge in [0.15, 0.2) is 0 Å². The van der Waals surface area contributed by atoms with Crippen LogP contribution < -0.4 is 0 Å². The van der Waals surface area contributed by atoms with Crippen molar-refractivity contribution in [3.05, 3.63) is 16.1 Å². The van der Waals surface area contributed by atoms with Crippen LogP contribution in [0, 0.1) is 0 Å². The van der Waals surface area contributed by atoms with Gasteiger partial charge in [-0.05, 0) is 12.8 Å². The number of carbonyl (C=O) groups is 1. The highest BCUT2D eigenvalue weighted by molar-refractivity contribution is 7.09. The van der Waals surface area contributed by atoms with E-state index in [1.807, 2.05) is 17.2 Å². The average Bonchev–Trinajstić information content (AvgIpc) is 2.99. The number of rotatable bonds is 6. The van der Waals surface area contributed by atoms with Crippen molar-refractivity contribution in [2.24, 2.45) is 0 Å². The van der Waals surface area contributed by atoms with Crippen molar-refractivity contribution in [1.29, 1.82) is 0 Å². The molecule has 0 saturated carbocycles. The highest BCUT2D eigenvalue weighted by Gasteiger charge is 2.25. The predicted octanol–water partition coefficient (Wildman–Crippen LogP) is 1.83. The van der Waals surface area contributed by atoms with Crippen LogP contribution in [0.4, 0.5) is 4.39 Å². The number of esters is 1. The summed E-state index contributed by atoms with van der Waals surface area (Å²) in [6, 6.07) is 0. The summed E-state index contributed by atoms with van der Waals surface area (Å²) >= 11 is 1.57. The maximum Gasteiger partial charge on any atom is 0.312 e. The highest BCUT2D eigenvalue weighted by atomic mass is 32.1. The lowest BCUT2D eigenvalue weighted by Crippen LogP contribution is -2.27. The highest BCUT2D eigenvalue weighted by Crippen LogP contribution is 2.15. The van der Waals surface area contributed by atoms with Crippen LogP contribution in [0.1, 0.15) is 24.0 Å². The van der Waals surface area contributed by atoms with Gasteiger partial charge in [0, 0.05) is 25.0 Å². The molecule has 1 atom stereocenters. The number of hydrogen-bond donors (Lipinski definition) is 0. The fourth-order valence-electron chi connectivity index (χ4n) is 2.18. The fraction of sp³-hybridized carbons (Fsp3) is 0.692. The van der Waals surface area contributed by atoms with Crippen molar-refractivity contribution in [3.63, 3.8) is 0 Å². The number of carbonyl (C=O) groups excluding carboxylic acids is 1. The van der Waals surface area contributed by atoms with Crippen molar-refractivity contribution in [2.75, 3.05) is 26.3 Å². The Morgan fingerprint density at radius 1 is 1.68 bits per heavy atom. The molecule has 4 nitrogen and oxygen atoms in total. The Labute approximate surface area is 116 Å². The Balaban J connectivity index is 1.75. The number of thiazole rings is 1. The summed E-state index contributed by atoms with van der Waals surface area (Å²) in [6.45, 7) is 3.57. The van der Waals surface area contributed by atoms with Gasteiger partial charge in [-0.1, -0.05) is 6.92 Å². The van der Waals surface area contributed by atoms with Crippen molar-refractivity contribution < 1.29 is 13.9 Å². The van der Waals surface area contributed by atoms with Gasteiger partial charge in [-0.2, -0.15) is 0 Å². The lowest BCUT2D eigenvalue weighted by atomic mass is 10.3. The van der Waals surface area contributed by atoms with Crippen LogP contribution in [0.3, 0.4) is 0 Å². The molecule has 0 aromatic carbocycles. The van der Waals surface area contributed by atoms with Crippen molar-refractivity contribution in [3.8, 4) is 0 Å². The molecule has 1 aromatic heterocycles. The van der Waals surface area contributed by atoms with Crippen molar-refractivity contribution >= 4 is 17.3 Å². The zero-order valence-corrected chi connectivity index (χ0v) is 11.9. The molecule has 0 bridgehead atoms. The summed E-state index contributed by atoms with van der Waals surface area (Å²) in [5.41, 5.74) is 0.783. The van der Waals surface area contributed by atoms with Crippen molar-refractivity contribution in [1.82, 2.24) is 9.88 Å². The van der Waals surface area contributed by atoms with Gasteiger partial charge >= 0.3 is 5.97 Å². The van der Waals surface area contributed by atoms with Crippen LogP contribution in [0.15, 0.2) is 5.38 Å². The first-order chi connectivity index (χ1) is 9.21. The largest absolute Gasteiger partial charge is 0.461 e. The smallest absolute Gasteiger partial charge is 0.312 e. The number of alkyl halides is 1. The summed E-state index contributed by atoms with van der Waals surface area (Å²) < 4.78 is 17.6. The molecule has 0 N–H and O–H groups in total. The van der Waals surface area contributed by atoms with Crippen LogP contribution in [0.5, 0.6) is 0 Å². The lowest BCUT2D eigenvalue weighted by molar-refractivity contribution is -0.147. The summed E-state index contributed by atoms with van der Waals surface area (Å²) in [6.07, 6.45) is 1.82. The summed E-state index contributed by atoms with van der Waals surface area (Å²) in [5, 5.41) is 2.95. The van der Waals surface area contributed by atoms with Crippen LogP contribution >= 0.6 is 11.3 Å². The number of aromatic nitrogens is 1. The molecular weight excluding hydrogens is 267 g/mol. The second-order valence-electron chi connectivity index (χ2n) is 4.65. The first-order valence-electron chi connectivity index (χ1n) is 6.62. The number of likely N-dealkylation sites (tertiary alicyclic amines) is 1. The predicted molar refractivity (Wildman–Crippen MR) is 72.1 cm³/mol. The Morgan fingerprint density at radius 3 is 3.21 bits per heavy atom. The molecule has 0 amide bonds. The molecule has 1 aliphatic heterocycles. The van der Waals surface area contributed by atoms with Gasteiger partial charge in [0.1, 0.15) is 12.8 Å². The topological polar surface area (TPSA) is 42.4 Å². The van der Waals surface area contributed by atoms with Gasteiger partial charge in [-0.25, -0.2) is 9.37 Å². The van der Waals surface area contributed by atoms with Crippen LogP contribution in [0.2, 0.25) is 0 Å². The molecule has 1 saturated heterocycles. The molecule has 2 rings (SSSR count). The minimum absolute atomic E-state index is 0.0941. The number of ether oxygens (including phenoxy) is 1. The molecule has 6 heteroatoms. The molecular formula is C13H19FN2O2S. The average molecular weight is 286 g/mol. The van der Waals surface area contributed by atoms with E-state index in [0.717, 1.165) is 30.1 Å². The lowest BCUT2D eigenvalue weighted by Gasteiger charge is -2.14. The first-order valence-corrected chi connectivity index (χ1v) is 7.50. The Hall–Kier alpha value is -1.01. The quantitative estimate of drug-likeness (QED) is 0.748. The van der Waals surface area contributed by atoms with E-state index in [9.17, 15) is 9.18 Å². The third-order valence-corrected chi connectivity index (χ3v) is 4.20. The minimum Gasteiger partial charge on any atom is -0.461 e. The SMILES string of the molecule is CCc1nc(CC(=O)O[C@H]2CCN(CCF)C2)cs1. The van der Waals surface area contributed by atoms with Gasteiger partial charge < -0.3 is 4.74 Å². The number of hydrogen-bond acceptors (Lipinski definition) is 5. The molecule has 0 aliphatic carbocycles. The molecule has 1 aliphatic rings. The van der Waals surface area contributed by atoms with Gasteiger partial charge in [-0.3, -0.25) is 9.69 Å². The van der Waals surface area contributed by atoms with Crippen molar-refractivity contribution in [2.45, 2.75) is 32.3 Å². The van der Waals surface area contributed by atoms with E-state index >= 15 is 0 Å². The minimum atomic E-state index is -0.348. The molecule has 1 aromatic rings. The molecule has 0 radical (unpaired) electrons. The summed E-state index contributed by atoms with van der Waals surface area (Å²) in [7, 11) is 0. The zero-order chi connectivity index (χ0) is 13.7. The van der Waals surface area contributed by atoms with Gasteiger partial charge in [0.25, 0.3) is 0 Å². The fourth-order valence-corrected chi connectivity index (χ4v) is 2.93.